The Kier molecular flexibility index (Phi) is 2.44. The highest BCUT2D eigenvalue weighted by molar-refractivity contribution is 5.84. The minimum Gasteiger partial charge on any atom is -0.341 e. The van der Waals surface area contributed by atoms with Crippen molar-refractivity contribution in [2.45, 2.75) is 13.5 Å². The van der Waals surface area contributed by atoms with Gasteiger partial charge in [0.25, 0.3) is 0 Å². The second kappa shape index (κ2) is 3.96. The number of fused-ring (bicyclic) bond motifs is 1. The molecular weight excluding hydrogens is 214 g/mol. The fraction of sp³-hybridized carbons (Fsp3) is 0.385. The van der Waals surface area contributed by atoms with Gasteiger partial charge in [0.15, 0.2) is 0 Å². The van der Waals surface area contributed by atoms with Crippen molar-refractivity contribution in [3.8, 4) is 0 Å². The maximum atomic E-state index is 10.7. The molecule has 0 atom stereocenters. The predicted octanol–water partition coefficient (Wildman–Crippen LogP) is 1.83. The van der Waals surface area contributed by atoms with Crippen molar-refractivity contribution in [2.24, 2.45) is 5.92 Å². The quantitative estimate of drug-likeness (QED) is 0.817. The third kappa shape index (κ3) is 1.96. The topological polar surface area (TPSA) is 49.0 Å². The van der Waals surface area contributed by atoms with Crippen LogP contribution < -0.4 is 0 Å². The minimum atomic E-state index is 0.685. The number of rotatable bonds is 3. The molecule has 0 radical (unpaired) electrons. The third-order valence-electron chi connectivity index (χ3n) is 3.20. The summed E-state index contributed by atoms with van der Waals surface area (Å²) in [6.07, 6.45) is 0.858. The van der Waals surface area contributed by atoms with Gasteiger partial charge in [0.05, 0.1) is 17.6 Å². The number of carbonyl (C=O) groups is 1. The Balaban J connectivity index is 1.83. The Morgan fingerprint density at radius 1 is 1.53 bits per heavy atom. The molecule has 1 aliphatic rings. The highest BCUT2D eigenvalue weighted by Gasteiger charge is 2.23. The van der Waals surface area contributed by atoms with E-state index < -0.39 is 0 Å². The van der Waals surface area contributed by atoms with E-state index in [1.54, 1.807) is 6.07 Å². The van der Waals surface area contributed by atoms with Gasteiger partial charge in [-0.05, 0) is 24.1 Å². The Labute approximate surface area is 99.6 Å². The van der Waals surface area contributed by atoms with Gasteiger partial charge in [-0.15, -0.1) is 0 Å². The van der Waals surface area contributed by atoms with Crippen molar-refractivity contribution >= 4 is 17.3 Å². The van der Waals surface area contributed by atoms with Gasteiger partial charge in [0.1, 0.15) is 12.1 Å². The van der Waals surface area contributed by atoms with Gasteiger partial charge in [-0.25, -0.2) is 4.98 Å². The van der Waals surface area contributed by atoms with Gasteiger partial charge in [-0.1, -0.05) is 6.92 Å². The molecule has 1 N–H and O–H groups in total. The lowest BCUT2D eigenvalue weighted by Crippen LogP contribution is -2.44. The van der Waals surface area contributed by atoms with Crippen LogP contribution in [0.15, 0.2) is 18.2 Å². The summed E-state index contributed by atoms with van der Waals surface area (Å²) in [5.74, 6) is 1.79. The molecule has 0 amide bonds. The van der Waals surface area contributed by atoms with Gasteiger partial charge in [0.2, 0.25) is 0 Å². The fourth-order valence-electron chi connectivity index (χ4n) is 2.40. The maximum absolute atomic E-state index is 10.7. The zero-order valence-electron chi connectivity index (χ0n) is 9.81. The summed E-state index contributed by atoms with van der Waals surface area (Å²) < 4.78 is 0. The van der Waals surface area contributed by atoms with Gasteiger partial charge in [-0.3, -0.25) is 9.69 Å². The molecule has 0 aliphatic carbocycles. The lowest BCUT2D eigenvalue weighted by molar-refractivity contribution is 0.102. The molecule has 0 unspecified atom stereocenters. The van der Waals surface area contributed by atoms with Gasteiger partial charge in [0, 0.05) is 18.7 Å². The van der Waals surface area contributed by atoms with Crippen LogP contribution >= 0.6 is 0 Å². The fourth-order valence-corrected chi connectivity index (χ4v) is 2.40. The molecule has 88 valence electrons. The van der Waals surface area contributed by atoms with Gasteiger partial charge < -0.3 is 4.98 Å². The average molecular weight is 229 g/mol. The Bertz CT molecular complexity index is 555. The number of nitrogens with zero attached hydrogens (tertiary/aromatic N) is 2. The molecule has 17 heavy (non-hydrogen) atoms. The van der Waals surface area contributed by atoms with Crippen LogP contribution in [-0.4, -0.2) is 34.2 Å². The standard InChI is InChI=1S/C13H15N3O/c1-9-5-16(6-9)7-13-14-11-3-2-10(8-17)4-12(11)15-13/h2-4,8-9H,5-7H2,1H3,(H,14,15). The van der Waals surface area contributed by atoms with Crippen LogP contribution in [0.4, 0.5) is 0 Å². The third-order valence-corrected chi connectivity index (χ3v) is 3.20. The molecule has 1 aromatic carbocycles. The van der Waals surface area contributed by atoms with E-state index in [0.717, 1.165) is 48.7 Å². The van der Waals surface area contributed by atoms with Crippen molar-refractivity contribution < 1.29 is 4.79 Å². The monoisotopic (exact) mass is 229 g/mol. The number of hydrogen-bond donors (Lipinski definition) is 1. The van der Waals surface area contributed by atoms with E-state index in [-0.39, 0.29) is 0 Å². The second-order valence-corrected chi connectivity index (χ2v) is 4.88. The van der Waals surface area contributed by atoms with E-state index in [4.69, 9.17) is 0 Å². The van der Waals surface area contributed by atoms with Crippen molar-refractivity contribution in [3.63, 3.8) is 0 Å². The van der Waals surface area contributed by atoms with Crippen molar-refractivity contribution in [1.29, 1.82) is 0 Å². The van der Waals surface area contributed by atoms with E-state index in [2.05, 4.69) is 21.8 Å². The van der Waals surface area contributed by atoms with E-state index in [1.165, 1.54) is 0 Å². The lowest BCUT2D eigenvalue weighted by Gasteiger charge is -2.36. The molecule has 2 heterocycles. The first-order chi connectivity index (χ1) is 8.24. The first kappa shape index (κ1) is 10.5. The van der Waals surface area contributed by atoms with Gasteiger partial charge >= 0.3 is 0 Å². The van der Waals surface area contributed by atoms with E-state index in [0.29, 0.717) is 5.56 Å². The maximum Gasteiger partial charge on any atom is 0.150 e. The smallest absolute Gasteiger partial charge is 0.150 e. The molecule has 1 aliphatic heterocycles. The second-order valence-electron chi connectivity index (χ2n) is 4.88. The van der Waals surface area contributed by atoms with Gasteiger partial charge in [-0.2, -0.15) is 0 Å². The highest BCUT2D eigenvalue weighted by Crippen LogP contribution is 2.18. The van der Waals surface area contributed by atoms with Crippen LogP contribution in [0.25, 0.3) is 11.0 Å². The average Bonchev–Trinajstić information content (AvgIpc) is 2.68. The number of aromatic amines is 1. The summed E-state index contributed by atoms with van der Waals surface area (Å²) in [4.78, 5) is 20.8. The number of likely N-dealkylation sites (tertiary alicyclic amines) is 1. The largest absolute Gasteiger partial charge is 0.341 e. The number of benzene rings is 1. The molecule has 0 saturated carbocycles. The molecular formula is C13H15N3O. The Morgan fingerprint density at radius 3 is 3.06 bits per heavy atom. The Hall–Kier alpha value is -1.68. The van der Waals surface area contributed by atoms with E-state index in [9.17, 15) is 4.79 Å². The summed E-state index contributed by atoms with van der Waals surface area (Å²) in [6, 6.07) is 5.53. The van der Waals surface area contributed by atoms with Crippen LogP contribution in [0.3, 0.4) is 0 Å². The normalized spacial score (nSPS) is 17.2. The number of hydrogen-bond acceptors (Lipinski definition) is 3. The summed E-state index contributed by atoms with van der Waals surface area (Å²) in [5, 5.41) is 0. The molecule has 0 bridgehead atoms. The van der Waals surface area contributed by atoms with Crippen LogP contribution in [-0.2, 0) is 6.54 Å². The van der Waals surface area contributed by atoms with Crippen LogP contribution in [0.2, 0.25) is 0 Å². The number of imidazole rings is 1. The minimum absolute atomic E-state index is 0.685. The highest BCUT2D eigenvalue weighted by atomic mass is 16.1. The lowest BCUT2D eigenvalue weighted by atomic mass is 10.0. The zero-order chi connectivity index (χ0) is 11.8. The van der Waals surface area contributed by atoms with Crippen LogP contribution in [0.1, 0.15) is 23.1 Å². The van der Waals surface area contributed by atoms with Crippen molar-refractivity contribution in [1.82, 2.24) is 14.9 Å². The number of H-pyrrole nitrogens is 1. The molecule has 4 heteroatoms. The summed E-state index contributed by atoms with van der Waals surface area (Å²) in [7, 11) is 0. The molecule has 3 rings (SSSR count). The first-order valence-corrected chi connectivity index (χ1v) is 5.91. The number of carbonyl (C=O) groups excluding carboxylic acids is 1. The predicted molar refractivity (Wildman–Crippen MR) is 65.9 cm³/mol. The molecule has 4 nitrogen and oxygen atoms in total. The molecule has 1 aromatic heterocycles. The molecule has 2 aromatic rings. The number of nitrogens with one attached hydrogen (secondary N) is 1. The van der Waals surface area contributed by atoms with Crippen molar-refractivity contribution in [2.75, 3.05) is 13.1 Å². The summed E-state index contributed by atoms with van der Waals surface area (Å²) in [6.45, 7) is 5.42. The SMILES string of the molecule is CC1CN(Cc2nc3ccc(C=O)cc3[nH]2)C1. The number of aromatic nitrogens is 2. The summed E-state index contributed by atoms with van der Waals surface area (Å²) >= 11 is 0. The van der Waals surface area contributed by atoms with Crippen LogP contribution in [0.5, 0.6) is 0 Å². The zero-order valence-corrected chi connectivity index (χ0v) is 9.81. The van der Waals surface area contributed by atoms with E-state index in [1.807, 2.05) is 12.1 Å². The van der Waals surface area contributed by atoms with Crippen molar-refractivity contribution in [3.05, 3.63) is 29.6 Å². The molecule has 1 saturated heterocycles. The van der Waals surface area contributed by atoms with E-state index >= 15 is 0 Å². The number of aldehydes is 1. The summed E-state index contributed by atoms with van der Waals surface area (Å²) in [5.41, 5.74) is 2.56. The Morgan fingerprint density at radius 2 is 2.35 bits per heavy atom. The van der Waals surface area contributed by atoms with Crippen LogP contribution in [0, 0.1) is 5.92 Å². The molecule has 1 fully saturated rings. The first-order valence-electron chi connectivity index (χ1n) is 5.91. The molecule has 0 spiro atoms.